The van der Waals surface area contributed by atoms with Crippen LogP contribution in [-0.4, -0.2) is 0 Å². The summed E-state index contributed by atoms with van der Waals surface area (Å²) in [5, 5.41) is 0. The summed E-state index contributed by atoms with van der Waals surface area (Å²) in [4.78, 5) is 0. The molecule has 0 radical (unpaired) electrons. The maximum Gasteiger partial charge on any atom is -0.00699 e. The maximum atomic E-state index is 4.11. The quantitative estimate of drug-likeness (QED) is 0.161. The van der Waals surface area contributed by atoms with Crippen LogP contribution in [0.1, 0.15) is 153 Å². The van der Waals surface area contributed by atoms with Crippen LogP contribution in [-0.2, 0) is 0 Å². The second-order valence-electron chi connectivity index (χ2n) is 8.72. The highest BCUT2D eigenvalue weighted by molar-refractivity contribution is 5.71. The van der Waals surface area contributed by atoms with Gasteiger partial charge in [-0.25, -0.2) is 0 Å². The van der Waals surface area contributed by atoms with Crippen LogP contribution in [0.4, 0.5) is 0 Å². The molecule has 2 rings (SSSR count). The molecule has 0 N–H and O–H groups in total. The third kappa shape index (κ3) is 24.9. The zero-order valence-corrected chi connectivity index (χ0v) is 30.8. The van der Waals surface area contributed by atoms with Gasteiger partial charge >= 0.3 is 0 Å². The third-order valence-electron chi connectivity index (χ3n) is 5.31. The van der Waals surface area contributed by atoms with E-state index in [4.69, 9.17) is 0 Å². The first-order chi connectivity index (χ1) is 19.7. The lowest BCUT2D eigenvalue weighted by atomic mass is 9.94. The number of allylic oxidation sites excluding steroid dienone is 4. The zero-order chi connectivity index (χ0) is 33.4. The topological polar surface area (TPSA) is 0 Å². The summed E-state index contributed by atoms with van der Waals surface area (Å²) in [6.45, 7) is 44.9. The van der Waals surface area contributed by atoms with Crippen LogP contribution in [0.25, 0.3) is 22.8 Å². The molecule has 0 nitrogen and oxygen atoms in total. The number of hydrogen-bond acceptors (Lipinski definition) is 0. The predicted molar refractivity (Wildman–Crippen MR) is 200 cm³/mol. The van der Waals surface area contributed by atoms with E-state index in [0.29, 0.717) is 0 Å². The molecule has 2 aromatic carbocycles. The van der Waals surface area contributed by atoms with Crippen molar-refractivity contribution in [1.82, 2.24) is 0 Å². The van der Waals surface area contributed by atoms with Gasteiger partial charge in [-0.2, -0.15) is 0 Å². The molecule has 0 saturated heterocycles. The van der Waals surface area contributed by atoms with Gasteiger partial charge in [0.1, 0.15) is 0 Å². The van der Waals surface area contributed by atoms with Crippen molar-refractivity contribution in [3.63, 3.8) is 0 Å². The van der Waals surface area contributed by atoms with Crippen molar-refractivity contribution >= 4 is 11.6 Å². The van der Waals surface area contributed by atoms with E-state index >= 15 is 0 Å². The third-order valence-corrected chi connectivity index (χ3v) is 5.31. The zero-order valence-electron chi connectivity index (χ0n) is 30.8. The van der Waals surface area contributed by atoms with E-state index in [1.165, 1.54) is 59.1 Å². The Morgan fingerprint density at radius 3 is 1.37 bits per heavy atom. The molecule has 0 heteroatoms. The first-order valence-corrected chi connectivity index (χ1v) is 16.6. The summed E-state index contributed by atoms with van der Waals surface area (Å²) in [6.07, 6.45) is 8.65. The smallest absolute Gasteiger partial charge is 0.00699 e. The summed E-state index contributed by atoms with van der Waals surface area (Å²) in [7, 11) is 0. The van der Waals surface area contributed by atoms with Gasteiger partial charge in [0.05, 0.1) is 0 Å². The van der Waals surface area contributed by atoms with Crippen LogP contribution in [0.15, 0.2) is 78.9 Å². The van der Waals surface area contributed by atoms with Gasteiger partial charge < -0.3 is 0 Å². The fourth-order valence-electron chi connectivity index (χ4n) is 3.30. The average Bonchev–Trinajstić information content (AvgIpc) is 3.01. The number of unbranched alkanes of at least 4 members (excludes halogenated alkanes) is 3. The summed E-state index contributed by atoms with van der Waals surface area (Å²) in [6, 6.07) is 15.2. The van der Waals surface area contributed by atoms with Crippen molar-refractivity contribution < 1.29 is 0 Å². The molecule has 41 heavy (non-hydrogen) atoms. The minimum atomic E-state index is 0.874. The fraction of sp³-hybridized carbons (Fsp3) is 0.512. The van der Waals surface area contributed by atoms with Crippen molar-refractivity contribution in [3.05, 3.63) is 95.6 Å². The Balaban J connectivity index is -0.000000228. The molecule has 0 fully saturated rings. The number of rotatable bonds is 9. The number of aryl methyl sites for hydroxylation is 1. The molecule has 0 aliphatic heterocycles. The molecule has 236 valence electrons. The Morgan fingerprint density at radius 2 is 1.05 bits per heavy atom. The molecule has 0 aliphatic rings. The molecule has 0 atom stereocenters. The predicted octanol–water partition coefficient (Wildman–Crippen LogP) is 15.3. The van der Waals surface area contributed by atoms with Crippen LogP contribution < -0.4 is 0 Å². The SMILES string of the molecule is C=C(C)C/C(=C\c1ccc(-c2ccc(C(=C)C)cc2)cc1C)C(=C)C.CC.CC.CC.CC.CC.CCCCCC. The highest BCUT2D eigenvalue weighted by Crippen LogP contribution is 2.27. The lowest BCUT2D eigenvalue weighted by molar-refractivity contribution is 0.702. The van der Waals surface area contributed by atoms with Crippen molar-refractivity contribution in [3.8, 4) is 11.1 Å². The monoisotopic (exact) mass is 565 g/mol. The Bertz CT molecular complexity index is 900. The van der Waals surface area contributed by atoms with E-state index in [1.807, 2.05) is 76.2 Å². The summed E-state index contributed by atoms with van der Waals surface area (Å²) >= 11 is 0. The molecule has 0 saturated carbocycles. The van der Waals surface area contributed by atoms with Crippen LogP contribution in [0.5, 0.6) is 0 Å². The Morgan fingerprint density at radius 1 is 0.634 bits per heavy atom. The standard InChI is InChI=1S/C25H28.C6H14.5C2H6/c1-17(2)14-25(19(5)6)16-23-12-13-24(15-20(23)7)22-10-8-21(9-11-22)18(3)4;1-3-5-6-4-2;5*1-2/h8-13,15-16H,1,3,5,14H2,2,4,6-7H3;3-6H2,1-2H3;5*1-2H3/b25-16+;;;;;;. The Kier molecular flexibility index (Phi) is 41.6. The minimum absolute atomic E-state index is 0.874. The molecular weight excluding hydrogens is 492 g/mol. The van der Waals surface area contributed by atoms with E-state index < -0.39 is 0 Å². The maximum absolute atomic E-state index is 4.11. The first-order valence-electron chi connectivity index (χ1n) is 16.6. The highest BCUT2D eigenvalue weighted by Gasteiger charge is 2.05. The van der Waals surface area contributed by atoms with E-state index in [1.54, 1.807) is 0 Å². The van der Waals surface area contributed by atoms with E-state index in [9.17, 15) is 0 Å². The molecule has 0 bridgehead atoms. The molecule has 0 heterocycles. The van der Waals surface area contributed by atoms with Gasteiger partial charge in [-0.1, -0.05) is 194 Å². The second kappa shape index (κ2) is 35.4. The average molecular weight is 565 g/mol. The largest absolute Gasteiger partial charge is 0.0998 e. The Hall–Kier alpha value is -2.60. The van der Waals surface area contributed by atoms with E-state index in [2.05, 4.69) is 103 Å². The lowest BCUT2D eigenvalue weighted by Crippen LogP contribution is -1.90. The van der Waals surface area contributed by atoms with Crippen LogP contribution in [0.3, 0.4) is 0 Å². The Labute approximate surface area is 260 Å². The first kappa shape index (κ1) is 48.1. The summed E-state index contributed by atoms with van der Waals surface area (Å²) < 4.78 is 0. The number of hydrogen-bond donors (Lipinski definition) is 0. The van der Waals surface area contributed by atoms with Gasteiger partial charge in [0.15, 0.2) is 0 Å². The minimum Gasteiger partial charge on any atom is -0.0998 e. The lowest BCUT2D eigenvalue weighted by Gasteiger charge is -2.11. The van der Waals surface area contributed by atoms with Crippen LogP contribution in [0, 0.1) is 6.92 Å². The van der Waals surface area contributed by atoms with E-state index in [-0.39, 0.29) is 0 Å². The van der Waals surface area contributed by atoms with Gasteiger partial charge in [-0.05, 0) is 67.5 Å². The fourth-order valence-corrected chi connectivity index (χ4v) is 3.30. The van der Waals surface area contributed by atoms with Crippen LogP contribution >= 0.6 is 0 Å². The van der Waals surface area contributed by atoms with Gasteiger partial charge in [0.2, 0.25) is 0 Å². The van der Waals surface area contributed by atoms with E-state index in [0.717, 1.165) is 23.1 Å². The van der Waals surface area contributed by atoms with Crippen LogP contribution in [0.2, 0.25) is 0 Å². The second-order valence-corrected chi connectivity index (χ2v) is 8.72. The van der Waals surface area contributed by atoms with Gasteiger partial charge in [0.25, 0.3) is 0 Å². The molecule has 0 aliphatic carbocycles. The molecule has 0 amide bonds. The normalized spacial score (nSPS) is 8.93. The highest BCUT2D eigenvalue weighted by atomic mass is 14.1. The van der Waals surface area contributed by atoms with Crippen molar-refractivity contribution in [2.24, 2.45) is 0 Å². The molecular formula is C41H72. The van der Waals surface area contributed by atoms with Gasteiger partial charge in [-0.3, -0.25) is 0 Å². The summed E-state index contributed by atoms with van der Waals surface area (Å²) in [5.74, 6) is 0. The molecule has 0 spiro atoms. The number of benzene rings is 2. The van der Waals surface area contributed by atoms with Crippen molar-refractivity contribution in [1.29, 1.82) is 0 Å². The molecule has 0 aromatic heterocycles. The van der Waals surface area contributed by atoms with Gasteiger partial charge in [-0.15, -0.1) is 0 Å². The molecule has 0 unspecified atom stereocenters. The summed E-state index contributed by atoms with van der Waals surface area (Å²) in [5.41, 5.74) is 10.7. The van der Waals surface area contributed by atoms with Gasteiger partial charge in [0, 0.05) is 0 Å². The van der Waals surface area contributed by atoms with Crippen molar-refractivity contribution in [2.75, 3.05) is 0 Å². The van der Waals surface area contributed by atoms with Crippen molar-refractivity contribution in [2.45, 2.75) is 143 Å². The molecule has 2 aromatic rings.